The largest absolute Gasteiger partial charge is 0.192 e. The van der Waals surface area contributed by atoms with Crippen LogP contribution in [0.3, 0.4) is 0 Å². The quantitative estimate of drug-likeness (QED) is 0.572. The third-order valence-electron chi connectivity index (χ3n) is 1.20. The van der Waals surface area contributed by atoms with Crippen LogP contribution in [0.5, 0.6) is 0 Å². The Hall–Kier alpha value is -0.940. The van der Waals surface area contributed by atoms with Crippen LogP contribution < -0.4 is 0 Å². The number of nitriles is 1. The first kappa shape index (κ1) is 7.17. The van der Waals surface area contributed by atoms with E-state index in [2.05, 4.69) is 6.07 Å². The fraction of sp³-hybridized carbons (Fsp3) is 0.125. The zero-order valence-corrected chi connectivity index (χ0v) is 6.48. The Morgan fingerprint density at radius 2 is 2.30 bits per heavy atom. The fourth-order valence-corrected chi connectivity index (χ4v) is 1.15. The van der Waals surface area contributed by atoms with E-state index in [1.54, 1.807) is 17.8 Å². The van der Waals surface area contributed by atoms with Crippen LogP contribution in [0.4, 0.5) is 0 Å². The lowest BCUT2D eigenvalue weighted by Crippen LogP contribution is -1.73. The standard InChI is InChI=1S/C8H7NS/c1-10-8-4-2-3-7(5-8)6-9/h2-5H,1H3. The molecule has 0 aliphatic rings. The molecule has 1 aromatic rings. The lowest BCUT2D eigenvalue weighted by molar-refractivity contribution is 1.41. The van der Waals surface area contributed by atoms with Gasteiger partial charge in [0.15, 0.2) is 0 Å². The van der Waals surface area contributed by atoms with Crippen LogP contribution in [0, 0.1) is 11.3 Å². The van der Waals surface area contributed by atoms with Crippen molar-refractivity contribution in [2.45, 2.75) is 4.90 Å². The molecular weight excluding hydrogens is 142 g/mol. The van der Waals surface area contributed by atoms with E-state index >= 15 is 0 Å². The molecule has 0 spiro atoms. The monoisotopic (exact) mass is 149 g/mol. The summed E-state index contributed by atoms with van der Waals surface area (Å²) < 4.78 is 0. The Morgan fingerprint density at radius 1 is 1.50 bits per heavy atom. The van der Waals surface area contributed by atoms with Crippen LogP contribution >= 0.6 is 11.8 Å². The summed E-state index contributed by atoms with van der Waals surface area (Å²) in [7, 11) is 0. The van der Waals surface area contributed by atoms with Crippen molar-refractivity contribution in [3.63, 3.8) is 0 Å². The fourth-order valence-electron chi connectivity index (χ4n) is 0.693. The molecule has 0 aliphatic heterocycles. The second-order valence-electron chi connectivity index (χ2n) is 1.84. The van der Waals surface area contributed by atoms with E-state index in [4.69, 9.17) is 5.26 Å². The molecule has 0 saturated carbocycles. The zero-order chi connectivity index (χ0) is 7.40. The molecule has 0 amide bonds. The number of rotatable bonds is 1. The van der Waals surface area contributed by atoms with E-state index in [9.17, 15) is 0 Å². The summed E-state index contributed by atoms with van der Waals surface area (Å²) in [4.78, 5) is 1.14. The van der Waals surface area contributed by atoms with Crippen LogP contribution in [0.15, 0.2) is 29.2 Å². The lowest BCUT2D eigenvalue weighted by Gasteiger charge is -1.93. The third-order valence-corrected chi connectivity index (χ3v) is 1.92. The van der Waals surface area contributed by atoms with Crippen molar-refractivity contribution in [3.8, 4) is 6.07 Å². The van der Waals surface area contributed by atoms with Crippen molar-refractivity contribution in [1.29, 1.82) is 5.26 Å². The molecule has 1 aromatic carbocycles. The lowest BCUT2D eigenvalue weighted by atomic mass is 10.2. The maximum atomic E-state index is 8.50. The van der Waals surface area contributed by atoms with Crippen molar-refractivity contribution in [2.75, 3.05) is 6.26 Å². The summed E-state index contributed by atoms with van der Waals surface area (Å²) in [5.74, 6) is 0. The van der Waals surface area contributed by atoms with Gasteiger partial charge in [-0.3, -0.25) is 0 Å². The smallest absolute Gasteiger partial charge is 0.0992 e. The summed E-state index contributed by atoms with van der Waals surface area (Å²) in [5, 5.41) is 8.50. The third kappa shape index (κ3) is 1.52. The highest BCUT2D eigenvalue weighted by atomic mass is 32.2. The van der Waals surface area contributed by atoms with Crippen LogP contribution in [0.1, 0.15) is 5.56 Å². The van der Waals surface area contributed by atoms with Crippen molar-refractivity contribution in [1.82, 2.24) is 0 Å². The predicted molar refractivity (Wildman–Crippen MR) is 42.9 cm³/mol. The Labute approximate surface area is 64.7 Å². The Bertz CT molecular complexity index is 262. The van der Waals surface area contributed by atoms with E-state index in [1.165, 1.54) is 0 Å². The van der Waals surface area contributed by atoms with Gasteiger partial charge in [0.25, 0.3) is 0 Å². The number of hydrogen-bond acceptors (Lipinski definition) is 2. The van der Waals surface area contributed by atoms with Crippen molar-refractivity contribution < 1.29 is 0 Å². The van der Waals surface area contributed by atoms with Gasteiger partial charge in [-0.1, -0.05) is 6.07 Å². The van der Waals surface area contributed by atoms with Crippen molar-refractivity contribution >= 4 is 11.8 Å². The molecule has 0 bridgehead atoms. The molecular formula is C8H7NS. The Morgan fingerprint density at radius 3 is 2.90 bits per heavy atom. The van der Waals surface area contributed by atoms with Crippen molar-refractivity contribution in [2.24, 2.45) is 0 Å². The molecule has 0 aliphatic carbocycles. The summed E-state index contributed by atoms with van der Waals surface area (Å²) in [6.45, 7) is 0. The summed E-state index contributed by atoms with van der Waals surface area (Å²) in [6, 6.07) is 9.66. The number of nitrogens with zero attached hydrogens (tertiary/aromatic N) is 1. The summed E-state index contributed by atoms with van der Waals surface area (Å²) in [6.07, 6.45) is 2.00. The van der Waals surface area contributed by atoms with Gasteiger partial charge in [-0.05, 0) is 24.5 Å². The van der Waals surface area contributed by atoms with Gasteiger partial charge < -0.3 is 0 Å². The zero-order valence-electron chi connectivity index (χ0n) is 5.66. The molecule has 10 heavy (non-hydrogen) atoms. The molecule has 0 atom stereocenters. The number of benzene rings is 1. The predicted octanol–water partition coefficient (Wildman–Crippen LogP) is 2.28. The summed E-state index contributed by atoms with van der Waals surface area (Å²) in [5.41, 5.74) is 0.729. The molecule has 0 aromatic heterocycles. The molecule has 50 valence electrons. The van der Waals surface area contributed by atoms with E-state index in [1.807, 2.05) is 24.5 Å². The van der Waals surface area contributed by atoms with Gasteiger partial charge in [0.2, 0.25) is 0 Å². The molecule has 0 saturated heterocycles. The molecule has 0 unspecified atom stereocenters. The molecule has 0 N–H and O–H groups in total. The Kier molecular flexibility index (Phi) is 2.35. The highest BCUT2D eigenvalue weighted by Gasteiger charge is 1.90. The SMILES string of the molecule is CSc1cccc(C#N)c1. The molecule has 0 fully saturated rings. The first-order chi connectivity index (χ1) is 4.86. The van der Waals surface area contributed by atoms with Gasteiger partial charge in [-0.25, -0.2) is 0 Å². The molecule has 0 heterocycles. The topological polar surface area (TPSA) is 23.8 Å². The van der Waals surface area contributed by atoms with Crippen LogP contribution in [0.2, 0.25) is 0 Å². The average molecular weight is 149 g/mol. The number of hydrogen-bond donors (Lipinski definition) is 0. The minimum Gasteiger partial charge on any atom is -0.192 e. The summed E-state index contributed by atoms with van der Waals surface area (Å²) >= 11 is 1.65. The molecule has 2 heteroatoms. The van der Waals surface area contributed by atoms with Crippen molar-refractivity contribution in [3.05, 3.63) is 29.8 Å². The van der Waals surface area contributed by atoms with E-state index in [0.29, 0.717) is 0 Å². The van der Waals surface area contributed by atoms with Gasteiger partial charge in [0, 0.05) is 4.90 Å². The second kappa shape index (κ2) is 3.28. The highest BCUT2D eigenvalue weighted by Crippen LogP contribution is 2.14. The second-order valence-corrected chi connectivity index (χ2v) is 2.72. The molecule has 1 rings (SSSR count). The minimum atomic E-state index is 0.729. The van der Waals surface area contributed by atoms with Gasteiger partial charge in [0.1, 0.15) is 0 Å². The van der Waals surface area contributed by atoms with Crippen LogP contribution in [-0.4, -0.2) is 6.26 Å². The van der Waals surface area contributed by atoms with E-state index < -0.39 is 0 Å². The number of thioether (sulfide) groups is 1. The molecule has 0 radical (unpaired) electrons. The van der Waals surface area contributed by atoms with Gasteiger partial charge in [-0.15, -0.1) is 11.8 Å². The Balaban J connectivity index is 3.01. The average Bonchev–Trinajstić information content (AvgIpc) is 2.05. The maximum Gasteiger partial charge on any atom is 0.0992 e. The van der Waals surface area contributed by atoms with Crippen LogP contribution in [0.25, 0.3) is 0 Å². The van der Waals surface area contributed by atoms with E-state index in [0.717, 1.165) is 10.5 Å². The van der Waals surface area contributed by atoms with Gasteiger partial charge in [-0.2, -0.15) is 5.26 Å². The first-order valence-electron chi connectivity index (χ1n) is 2.91. The van der Waals surface area contributed by atoms with Gasteiger partial charge >= 0.3 is 0 Å². The van der Waals surface area contributed by atoms with Crippen LogP contribution in [-0.2, 0) is 0 Å². The van der Waals surface area contributed by atoms with Gasteiger partial charge in [0.05, 0.1) is 11.6 Å². The highest BCUT2D eigenvalue weighted by molar-refractivity contribution is 7.98. The minimum absolute atomic E-state index is 0.729. The maximum absolute atomic E-state index is 8.50. The molecule has 1 nitrogen and oxygen atoms in total. The van der Waals surface area contributed by atoms with E-state index in [-0.39, 0.29) is 0 Å². The normalized spacial score (nSPS) is 8.80. The first-order valence-corrected chi connectivity index (χ1v) is 4.13.